The van der Waals surface area contributed by atoms with Crippen LogP contribution in [0.3, 0.4) is 0 Å². The van der Waals surface area contributed by atoms with Gasteiger partial charge in [0.15, 0.2) is 5.69 Å². The summed E-state index contributed by atoms with van der Waals surface area (Å²) in [6.07, 6.45) is 5.23. The maximum absolute atomic E-state index is 13.1. The lowest BCUT2D eigenvalue weighted by atomic mass is 9.97. The molecule has 3 amide bonds. The monoisotopic (exact) mass is 630 g/mol. The SMILES string of the molecule is Cc1oc(-c2ccccc2)nc1CC(C)(C)NC(=O)c1c(C(=O)N2CCC2)cnn1C.Cn1ncc(C(=O)N2CCC2)c1C(=O)O. The Bertz CT molecular complexity index is 1760. The molecule has 46 heavy (non-hydrogen) atoms. The molecule has 0 bridgehead atoms. The van der Waals surface area contributed by atoms with Gasteiger partial charge in [0.1, 0.15) is 11.5 Å². The molecule has 4 aromatic rings. The molecule has 242 valence electrons. The summed E-state index contributed by atoms with van der Waals surface area (Å²) in [5.74, 6) is -0.578. The molecular formula is C32H38N8O6. The van der Waals surface area contributed by atoms with Gasteiger partial charge < -0.3 is 24.6 Å². The zero-order valence-electron chi connectivity index (χ0n) is 26.6. The number of aryl methyl sites for hydroxylation is 3. The third kappa shape index (κ3) is 6.70. The summed E-state index contributed by atoms with van der Waals surface area (Å²) < 4.78 is 8.51. The van der Waals surface area contributed by atoms with E-state index in [9.17, 15) is 19.2 Å². The Morgan fingerprint density at radius 3 is 1.89 bits per heavy atom. The zero-order valence-corrected chi connectivity index (χ0v) is 26.6. The van der Waals surface area contributed by atoms with Gasteiger partial charge in [0.2, 0.25) is 5.89 Å². The summed E-state index contributed by atoms with van der Waals surface area (Å²) in [7, 11) is 3.18. The number of carboxylic acid groups (broad SMARTS) is 1. The number of hydrogen-bond acceptors (Lipinski definition) is 8. The van der Waals surface area contributed by atoms with E-state index in [0.717, 1.165) is 42.9 Å². The van der Waals surface area contributed by atoms with E-state index in [1.165, 1.54) is 28.8 Å². The number of hydrogen-bond donors (Lipinski definition) is 2. The maximum atomic E-state index is 13.1. The molecule has 2 fully saturated rings. The zero-order chi connectivity index (χ0) is 33.2. The van der Waals surface area contributed by atoms with Gasteiger partial charge in [-0.25, -0.2) is 9.78 Å². The van der Waals surface area contributed by atoms with Crippen LogP contribution < -0.4 is 5.32 Å². The van der Waals surface area contributed by atoms with Crippen molar-refractivity contribution in [1.82, 2.24) is 39.7 Å². The predicted molar refractivity (Wildman–Crippen MR) is 166 cm³/mol. The number of carbonyl (C=O) groups is 4. The number of nitrogens with one attached hydrogen (secondary N) is 1. The molecule has 3 aromatic heterocycles. The number of benzene rings is 1. The molecule has 0 saturated carbocycles. The fourth-order valence-corrected chi connectivity index (χ4v) is 5.22. The van der Waals surface area contributed by atoms with E-state index in [4.69, 9.17) is 9.52 Å². The molecule has 2 aliphatic rings. The van der Waals surface area contributed by atoms with Gasteiger partial charge in [-0.2, -0.15) is 10.2 Å². The highest BCUT2D eigenvalue weighted by atomic mass is 16.4. The highest BCUT2D eigenvalue weighted by Gasteiger charge is 2.32. The first-order chi connectivity index (χ1) is 21.9. The molecule has 2 aliphatic heterocycles. The number of amides is 3. The Morgan fingerprint density at radius 2 is 1.39 bits per heavy atom. The van der Waals surface area contributed by atoms with Crippen LogP contribution in [0.5, 0.6) is 0 Å². The Hall–Kier alpha value is -5.27. The van der Waals surface area contributed by atoms with Gasteiger partial charge in [-0.3, -0.25) is 23.7 Å². The summed E-state index contributed by atoms with van der Waals surface area (Å²) in [6, 6.07) is 9.71. The van der Waals surface area contributed by atoms with Crippen LogP contribution in [0.25, 0.3) is 11.5 Å². The van der Waals surface area contributed by atoms with E-state index in [1.807, 2.05) is 51.1 Å². The third-order valence-electron chi connectivity index (χ3n) is 8.02. The normalized spacial score (nSPS) is 14.1. The predicted octanol–water partition coefficient (Wildman–Crippen LogP) is 2.94. The molecule has 14 heteroatoms. The molecule has 0 radical (unpaired) electrons. The van der Waals surface area contributed by atoms with Crippen LogP contribution in [0.4, 0.5) is 0 Å². The van der Waals surface area contributed by atoms with Crippen molar-refractivity contribution in [2.45, 2.75) is 45.6 Å². The minimum absolute atomic E-state index is 0.0492. The summed E-state index contributed by atoms with van der Waals surface area (Å²) in [4.78, 5) is 56.5. The standard InChI is InChI=1S/C23H27N5O3.C9H11N3O3/c1-15-18(25-21(31-15)16-9-6-5-7-10-16)13-23(2,3)26-20(29)19-17(14-24-27(19)4)22(30)28-11-8-12-28;1-11-7(9(14)15)6(5-10-11)8(13)12-3-2-4-12/h5-7,9-10,14H,8,11-13H2,1-4H3,(H,26,29);5H,2-4H2,1H3,(H,14,15). The van der Waals surface area contributed by atoms with E-state index in [0.29, 0.717) is 31.0 Å². The number of oxazole rings is 1. The molecule has 6 rings (SSSR count). The van der Waals surface area contributed by atoms with Gasteiger partial charge in [0.05, 0.1) is 29.2 Å². The Balaban J connectivity index is 0.000000232. The van der Waals surface area contributed by atoms with Gasteiger partial charge in [-0.1, -0.05) is 18.2 Å². The van der Waals surface area contributed by atoms with Gasteiger partial charge in [-0.05, 0) is 45.7 Å². The second-order valence-corrected chi connectivity index (χ2v) is 12.1. The number of rotatable bonds is 8. The van der Waals surface area contributed by atoms with Crippen LogP contribution in [0.15, 0.2) is 47.1 Å². The van der Waals surface area contributed by atoms with Gasteiger partial charge in [0.25, 0.3) is 17.7 Å². The highest BCUT2D eigenvalue weighted by Crippen LogP contribution is 2.25. The van der Waals surface area contributed by atoms with Crippen molar-refractivity contribution in [1.29, 1.82) is 0 Å². The first-order valence-corrected chi connectivity index (χ1v) is 15.1. The molecule has 0 spiro atoms. The maximum Gasteiger partial charge on any atom is 0.354 e. The fraction of sp³-hybridized carbons (Fsp3) is 0.406. The summed E-state index contributed by atoms with van der Waals surface area (Å²) in [5.41, 5.74) is 1.80. The molecule has 1 aromatic carbocycles. The smallest absolute Gasteiger partial charge is 0.354 e. The van der Waals surface area contributed by atoms with Crippen molar-refractivity contribution in [2.24, 2.45) is 14.1 Å². The Labute approximate surface area is 266 Å². The second-order valence-electron chi connectivity index (χ2n) is 12.1. The fourth-order valence-electron chi connectivity index (χ4n) is 5.22. The number of aromatic carboxylic acids is 1. The van der Waals surface area contributed by atoms with E-state index >= 15 is 0 Å². The molecule has 14 nitrogen and oxygen atoms in total. The molecule has 2 saturated heterocycles. The lowest BCUT2D eigenvalue weighted by molar-refractivity contribution is 0.0621. The van der Waals surface area contributed by atoms with Crippen molar-refractivity contribution in [3.05, 3.63) is 76.7 Å². The van der Waals surface area contributed by atoms with Gasteiger partial charge >= 0.3 is 5.97 Å². The lowest BCUT2D eigenvalue weighted by Crippen LogP contribution is -2.47. The van der Waals surface area contributed by atoms with Crippen molar-refractivity contribution >= 4 is 23.7 Å². The van der Waals surface area contributed by atoms with E-state index in [2.05, 4.69) is 20.5 Å². The lowest BCUT2D eigenvalue weighted by Gasteiger charge is -2.31. The van der Waals surface area contributed by atoms with Crippen molar-refractivity contribution < 1.29 is 28.7 Å². The second kappa shape index (κ2) is 13.0. The minimum atomic E-state index is -1.13. The summed E-state index contributed by atoms with van der Waals surface area (Å²) >= 11 is 0. The Kier molecular flexibility index (Phi) is 9.08. The third-order valence-corrected chi connectivity index (χ3v) is 8.02. The topological polar surface area (TPSA) is 169 Å². The van der Waals surface area contributed by atoms with E-state index in [1.54, 1.807) is 16.8 Å². The van der Waals surface area contributed by atoms with Crippen molar-refractivity contribution in [3.63, 3.8) is 0 Å². The number of carbonyl (C=O) groups excluding carboxylic acids is 3. The average molecular weight is 631 g/mol. The molecule has 0 aliphatic carbocycles. The first kappa shape index (κ1) is 32.1. The number of likely N-dealkylation sites (tertiary alicyclic amines) is 2. The van der Waals surface area contributed by atoms with Gasteiger partial charge in [-0.15, -0.1) is 0 Å². The molecular weight excluding hydrogens is 592 g/mol. The number of carboxylic acids is 1. The Morgan fingerprint density at radius 1 is 0.870 bits per heavy atom. The van der Waals surface area contributed by atoms with Gasteiger partial charge in [0, 0.05) is 57.8 Å². The van der Waals surface area contributed by atoms with Crippen LogP contribution in [0.2, 0.25) is 0 Å². The quantitative estimate of drug-likeness (QED) is 0.297. The number of nitrogens with zero attached hydrogens (tertiary/aromatic N) is 7. The van der Waals surface area contributed by atoms with Crippen molar-refractivity contribution in [3.8, 4) is 11.5 Å². The van der Waals surface area contributed by atoms with Crippen LogP contribution in [0, 0.1) is 6.92 Å². The van der Waals surface area contributed by atoms with E-state index in [-0.39, 0.29) is 34.7 Å². The average Bonchev–Trinajstić information content (AvgIpc) is 3.63. The largest absolute Gasteiger partial charge is 0.477 e. The molecule has 0 unspecified atom stereocenters. The molecule has 2 N–H and O–H groups in total. The number of aromatic nitrogens is 5. The molecule has 5 heterocycles. The first-order valence-electron chi connectivity index (χ1n) is 15.1. The van der Waals surface area contributed by atoms with E-state index < -0.39 is 11.5 Å². The van der Waals surface area contributed by atoms with Crippen LogP contribution in [-0.2, 0) is 20.5 Å². The van der Waals surface area contributed by atoms with Crippen LogP contribution in [0.1, 0.15) is 79.8 Å². The minimum Gasteiger partial charge on any atom is -0.477 e. The molecule has 0 atom stereocenters. The summed E-state index contributed by atoms with van der Waals surface area (Å²) in [5, 5.41) is 19.9. The highest BCUT2D eigenvalue weighted by molar-refractivity contribution is 6.06. The summed E-state index contributed by atoms with van der Waals surface area (Å²) in [6.45, 7) is 8.56. The van der Waals surface area contributed by atoms with Crippen LogP contribution >= 0.6 is 0 Å². The van der Waals surface area contributed by atoms with Crippen molar-refractivity contribution in [2.75, 3.05) is 26.2 Å². The van der Waals surface area contributed by atoms with Crippen LogP contribution in [-0.4, -0.2) is 94.9 Å².